The first-order valence-electron chi connectivity index (χ1n) is 13.1. The zero-order chi connectivity index (χ0) is 28.7. The van der Waals surface area contributed by atoms with E-state index in [-0.39, 0.29) is 57.7 Å². The van der Waals surface area contributed by atoms with Crippen LogP contribution in [0.25, 0.3) is 0 Å². The minimum absolute atomic E-state index is 0. The highest BCUT2D eigenvalue weighted by Crippen LogP contribution is 2.09. The van der Waals surface area contributed by atoms with E-state index < -0.39 is 6.09 Å². The van der Waals surface area contributed by atoms with Crippen molar-refractivity contribution in [2.45, 2.75) is 64.6 Å². The Kier molecular flexibility index (Phi) is 25.0. The van der Waals surface area contributed by atoms with Crippen molar-refractivity contribution in [3.8, 4) is 0 Å². The SMILES string of the molecule is C=CCOC(=O)NNCCCC[C@H](C)OC(=O)c1ccccc1.C[C@@H](CCCC=O)OC(=O)c1ccccc1.S.S. The number of ether oxygens (including phenoxy) is 3. The average Bonchev–Trinajstić information content (AvgIpc) is 2.95. The molecule has 0 saturated heterocycles. The van der Waals surface area contributed by atoms with Crippen LogP contribution in [0.5, 0.6) is 0 Å². The van der Waals surface area contributed by atoms with Gasteiger partial charge in [0.15, 0.2) is 0 Å². The lowest BCUT2D eigenvalue weighted by molar-refractivity contribution is -0.108. The maximum absolute atomic E-state index is 11.8. The maximum Gasteiger partial charge on any atom is 0.421 e. The van der Waals surface area contributed by atoms with E-state index in [4.69, 9.17) is 14.2 Å². The van der Waals surface area contributed by atoms with Gasteiger partial charge in [0.25, 0.3) is 0 Å². The van der Waals surface area contributed by atoms with Crippen LogP contribution in [0.4, 0.5) is 4.79 Å². The van der Waals surface area contributed by atoms with Crippen molar-refractivity contribution in [1.29, 1.82) is 0 Å². The summed E-state index contributed by atoms with van der Waals surface area (Å²) in [6.45, 7) is 7.95. The Morgan fingerprint density at radius 3 is 1.76 bits per heavy atom. The van der Waals surface area contributed by atoms with Crippen molar-refractivity contribution in [2.24, 2.45) is 0 Å². The highest BCUT2D eigenvalue weighted by molar-refractivity contribution is 7.59. The Morgan fingerprint density at radius 2 is 1.29 bits per heavy atom. The van der Waals surface area contributed by atoms with Gasteiger partial charge in [-0.1, -0.05) is 49.1 Å². The van der Waals surface area contributed by atoms with Crippen molar-refractivity contribution in [2.75, 3.05) is 13.2 Å². The van der Waals surface area contributed by atoms with Crippen LogP contribution in [0.1, 0.15) is 73.1 Å². The van der Waals surface area contributed by atoms with Gasteiger partial charge in [-0.3, -0.25) is 5.43 Å². The zero-order valence-electron chi connectivity index (χ0n) is 23.8. The summed E-state index contributed by atoms with van der Waals surface area (Å²) in [5.74, 6) is -0.609. The molecule has 2 atom stereocenters. The van der Waals surface area contributed by atoms with E-state index in [9.17, 15) is 19.2 Å². The Bertz CT molecular complexity index is 995. The Morgan fingerprint density at radius 1 is 0.805 bits per heavy atom. The molecule has 9 nitrogen and oxygen atoms in total. The fourth-order valence-corrected chi connectivity index (χ4v) is 3.21. The van der Waals surface area contributed by atoms with Crippen molar-refractivity contribution >= 4 is 51.3 Å². The van der Waals surface area contributed by atoms with Gasteiger partial charge in [-0.05, 0) is 70.2 Å². The van der Waals surface area contributed by atoms with Crippen LogP contribution >= 0.6 is 27.0 Å². The largest absolute Gasteiger partial charge is 0.459 e. The number of hydrazine groups is 1. The van der Waals surface area contributed by atoms with E-state index in [2.05, 4.69) is 17.4 Å². The molecule has 0 bridgehead atoms. The molecule has 11 heteroatoms. The van der Waals surface area contributed by atoms with E-state index in [0.717, 1.165) is 38.4 Å². The van der Waals surface area contributed by atoms with E-state index in [1.807, 2.05) is 26.0 Å². The molecular weight excluding hydrogens is 564 g/mol. The van der Waals surface area contributed by atoms with Crippen LogP contribution in [-0.2, 0) is 19.0 Å². The molecule has 2 aromatic rings. The molecule has 0 aliphatic rings. The molecule has 2 aromatic carbocycles. The number of esters is 2. The standard InChI is InChI=1S/C17H24N2O4.C13H16O3.2H2S/c1-3-13-22-17(21)19-18-12-8-7-9-14(2)23-16(20)15-10-5-4-6-11-15;1-11(7-5-6-10-14)16-13(15)12-8-3-2-4-9-12;;/h3-6,10-11,14,18H,1,7-9,12-13H2,2H3,(H,19,21);2-4,8-11H,5-7H2,1H3;2*1H2/t14-;11-;;/m00../s1. The lowest BCUT2D eigenvalue weighted by Gasteiger charge is -2.13. The summed E-state index contributed by atoms with van der Waals surface area (Å²) < 4.78 is 15.3. The molecule has 0 aliphatic heterocycles. The first-order chi connectivity index (χ1) is 18.9. The van der Waals surface area contributed by atoms with Gasteiger partial charge < -0.3 is 19.0 Å². The molecule has 2 rings (SSSR count). The van der Waals surface area contributed by atoms with Crippen molar-refractivity contribution in [3.05, 3.63) is 84.4 Å². The molecule has 0 radical (unpaired) electrons. The van der Waals surface area contributed by atoms with E-state index in [1.165, 1.54) is 6.08 Å². The number of benzene rings is 2. The number of hydrogen-bond donors (Lipinski definition) is 2. The first kappa shape index (κ1) is 39.9. The predicted molar refractivity (Wildman–Crippen MR) is 170 cm³/mol. The second-order valence-electron chi connectivity index (χ2n) is 8.70. The smallest absolute Gasteiger partial charge is 0.421 e. The van der Waals surface area contributed by atoms with Gasteiger partial charge in [-0.25, -0.2) is 19.8 Å². The van der Waals surface area contributed by atoms with Crippen LogP contribution in [0.3, 0.4) is 0 Å². The summed E-state index contributed by atoms with van der Waals surface area (Å²) in [6, 6.07) is 17.8. The number of carbonyl (C=O) groups excluding carboxylic acids is 4. The van der Waals surface area contributed by atoms with Crippen LogP contribution in [-0.4, -0.2) is 49.7 Å². The summed E-state index contributed by atoms with van der Waals surface area (Å²) in [5, 5.41) is 0. The number of unbranched alkanes of at least 4 members (excludes halogenated alkanes) is 2. The quantitative estimate of drug-likeness (QED) is 0.0627. The van der Waals surface area contributed by atoms with Gasteiger partial charge in [-0.2, -0.15) is 27.0 Å². The third-order valence-electron chi connectivity index (χ3n) is 5.25. The summed E-state index contributed by atoms with van der Waals surface area (Å²) >= 11 is 0. The van der Waals surface area contributed by atoms with E-state index >= 15 is 0 Å². The monoisotopic (exact) mass is 608 g/mol. The lowest BCUT2D eigenvalue weighted by Crippen LogP contribution is -2.38. The minimum atomic E-state index is -0.532. The van der Waals surface area contributed by atoms with Gasteiger partial charge in [0, 0.05) is 13.0 Å². The molecule has 2 N–H and O–H groups in total. The summed E-state index contributed by atoms with van der Waals surface area (Å²) in [5.41, 5.74) is 6.30. The van der Waals surface area contributed by atoms with Crippen molar-refractivity contribution in [3.63, 3.8) is 0 Å². The van der Waals surface area contributed by atoms with Crippen molar-refractivity contribution < 1.29 is 33.4 Å². The second-order valence-corrected chi connectivity index (χ2v) is 8.70. The molecule has 0 spiro atoms. The molecule has 41 heavy (non-hydrogen) atoms. The van der Waals surface area contributed by atoms with E-state index in [0.29, 0.717) is 24.1 Å². The Balaban J connectivity index is 0. The molecule has 0 saturated carbocycles. The Labute approximate surface area is 257 Å². The van der Waals surface area contributed by atoms with Gasteiger partial charge in [-0.15, -0.1) is 0 Å². The molecule has 0 fully saturated rings. The van der Waals surface area contributed by atoms with Crippen LogP contribution in [0, 0.1) is 0 Å². The number of rotatable bonds is 16. The fraction of sp³-hybridized carbons (Fsp3) is 0.400. The molecule has 0 aromatic heterocycles. The Hall–Kier alpha value is -3.28. The number of aldehydes is 1. The molecule has 0 aliphatic carbocycles. The minimum Gasteiger partial charge on any atom is -0.459 e. The van der Waals surface area contributed by atoms with Crippen LogP contribution in [0.15, 0.2) is 73.3 Å². The lowest BCUT2D eigenvalue weighted by atomic mass is 10.1. The zero-order valence-corrected chi connectivity index (χ0v) is 25.8. The van der Waals surface area contributed by atoms with E-state index in [1.54, 1.807) is 48.5 Å². The average molecular weight is 609 g/mol. The summed E-state index contributed by atoms with van der Waals surface area (Å²) in [6.07, 6.45) is 6.03. The van der Waals surface area contributed by atoms with Gasteiger partial charge in [0.1, 0.15) is 12.9 Å². The number of nitrogens with one attached hydrogen (secondary N) is 2. The highest BCUT2D eigenvalue weighted by atomic mass is 32.1. The van der Waals surface area contributed by atoms with Crippen molar-refractivity contribution in [1.82, 2.24) is 10.9 Å². The normalized spacial score (nSPS) is 11.0. The molecule has 0 unspecified atom stereocenters. The summed E-state index contributed by atoms with van der Waals surface area (Å²) in [4.78, 5) is 44.7. The molecule has 228 valence electrons. The molecule has 1 amide bonds. The van der Waals surface area contributed by atoms with Gasteiger partial charge >= 0.3 is 18.0 Å². The number of carbonyl (C=O) groups is 4. The topological polar surface area (TPSA) is 120 Å². The highest BCUT2D eigenvalue weighted by Gasteiger charge is 2.12. The second kappa shape index (κ2) is 25.7. The number of hydrogen-bond acceptors (Lipinski definition) is 8. The third kappa shape index (κ3) is 20.3. The first-order valence-corrected chi connectivity index (χ1v) is 13.1. The van der Waals surface area contributed by atoms with Gasteiger partial charge in [0.2, 0.25) is 0 Å². The molecular formula is C30H44N2O7S2. The third-order valence-corrected chi connectivity index (χ3v) is 5.25. The fourth-order valence-electron chi connectivity index (χ4n) is 3.21. The predicted octanol–water partition coefficient (Wildman–Crippen LogP) is 5.65. The number of amides is 1. The van der Waals surface area contributed by atoms with Gasteiger partial charge in [0.05, 0.1) is 23.3 Å². The summed E-state index contributed by atoms with van der Waals surface area (Å²) in [7, 11) is 0. The van der Waals surface area contributed by atoms with Crippen LogP contribution < -0.4 is 10.9 Å². The maximum atomic E-state index is 11.8. The van der Waals surface area contributed by atoms with Crippen LogP contribution in [0.2, 0.25) is 0 Å². The molecule has 0 heterocycles.